The molecule has 1 saturated heterocycles. The van der Waals surface area contributed by atoms with E-state index in [1.165, 1.54) is 32.1 Å². The van der Waals surface area contributed by atoms with Crippen molar-refractivity contribution in [1.29, 1.82) is 0 Å². The highest BCUT2D eigenvalue weighted by Gasteiger charge is 2.23. The van der Waals surface area contributed by atoms with Gasteiger partial charge in [-0.25, -0.2) is 17.9 Å². The molecule has 0 spiro atoms. The first-order valence-corrected chi connectivity index (χ1v) is 16.2. The summed E-state index contributed by atoms with van der Waals surface area (Å²) >= 11 is 0. The van der Waals surface area contributed by atoms with Gasteiger partial charge in [0.1, 0.15) is 0 Å². The Labute approximate surface area is 213 Å². The summed E-state index contributed by atoms with van der Waals surface area (Å²) in [6, 6.07) is 6.88. The van der Waals surface area contributed by atoms with Crippen molar-refractivity contribution < 1.29 is 16.8 Å². The van der Waals surface area contributed by atoms with Crippen LogP contribution in [0.4, 0.5) is 0 Å². The summed E-state index contributed by atoms with van der Waals surface area (Å²) in [5, 5.41) is 0. The monoisotopic (exact) mass is 528 g/mol. The second kappa shape index (κ2) is 14.0. The van der Waals surface area contributed by atoms with Crippen LogP contribution in [-0.4, -0.2) is 71.9 Å². The first-order chi connectivity index (χ1) is 16.8. The molecule has 2 N–H and O–H groups in total. The lowest BCUT2D eigenvalue weighted by molar-refractivity contribution is 0.197. The SMILES string of the molecule is Cc1ccc(S(=O)(=O)NCCCN(CCCNS(=O)(=O)N2CCCCC2)CC2CCCCC2)cc1. The van der Waals surface area contributed by atoms with Gasteiger partial charge in [0, 0.05) is 32.7 Å². The van der Waals surface area contributed by atoms with E-state index in [1.54, 1.807) is 28.6 Å². The van der Waals surface area contributed by atoms with Gasteiger partial charge in [-0.1, -0.05) is 43.4 Å². The zero-order valence-corrected chi connectivity index (χ0v) is 22.9. The van der Waals surface area contributed by atoms with Crippen molar-refractivity contribution in [3.8, 4) is 0 Å². The average Bonchev–Trinajstić information content (AvgIpc) is 2.85. The molecular formula is C25H44N4O4S2. The smallest absolute Gasteiger partial charge is 0.279 e. The number of hydrogen-bond donors (Lipinski definition) is 2. The van der Waals surface area contributed by atoms with Gasteiger partial charge in [0.15, 0.2) is 0 Å². The van der Waals surface area contributed by atoms with Crippen molar-refractivity contribution in [3.05, 3.63) is 29.8 Å². The predicted octanol–water partition coefficient (Wildman–Crippen LogP) is 3.26. The predicted molar refractivity (Wildman–Crippen MR) is 141 cm³/mol. The van der Waals surface area contributed by atoms with Crippen LogP contribution in [0, 0.1) is 12.8 Å². The summed E-state index contributed by atoms with van der Waals surface area (Å²) in [7, 11) is -6.89. The first-order valence-electron chi connectivity index (χ1n) is 13.3. The van der Waals surface area contributed by atoms with Gasteiger partial charge in [-0.15, -0.1) is 0 Å². The Kier molecular flexibility index (Phi) is 11.4. The molecule has 3 rings (SSSR count). The summed E-state index contributed by atoms with van der Waals surface area (Å²) < 4.78 is 57.2. The zero-order valence-electron chi connectivity index (χ0n) is 21.3. The second-order valence-corrected chi connectivity index (χ2v) is 13.6. The van der Waals surface area contributed by atoms with Crippen molar-refractivity contribution >= 4 is 20.2 Å². The minimum absolute atomic E-state index is 0.295. The molecule has 1 aliphatic carbocycles. The molecule has 1 saturated carbocycles. The van der Waals surface area contributed by atoms with Gasteiger partial charge in [-0.3, -0.25) is 0 Å². The van der Waals surface area contributed by atoms with Crippen molar-refractivity contribution in [2.45, 2.75) is 76.0 Å². The van der Waals surface area contributed by atoms with Crippen molar-refractivity contribution in [2.75, 3.05) is 45.8 Å². The molecule has 1 heterocycles. The Hall–Kier alpha value is -1.04. The van der Waals surface area contributed by atoms with Crippen LogP contribution in [0.2, 0.25) is 0 Å². The maximum absolute atomic E-state index is 12.5. The standard InChI is InChI=1S/C25H44N4O4S2/c1-23-12-14-25(15-13-23)34(30,31)26-16-8-18-28(22-24-10-4-2-5-11-24)19-9-17-27-35(32,33)29-20-6-3-7-21-29/h12-15,24,26-27H,2-11,16-22H2,1H3. The average molecular weight is 529 g/mol. The number of rotatable bonds is 14. The molecule has 0 atom stereocenters. The van der Waals surface area contributed by atoms with Crippen LogP contribution < -0.4 is 9.44 Å². The molecule has 2 fully saturated rings. The summed E-state index contributed by atoms with van der Waals surface area (Å²) in [6.07, 6.45) is 10.8. The molecule has 200 valence electrons. The number of sulfonamides is 1. The molecule has 1 aromatic rings. The Balaban J connectivity index is 1.44. The number of aryl methyl sites for hydroxylation is 1. The minimum atomic E-state index is -3.50. The topological polar surface area (TPSA) is 98.8 Å². The minimum Gasteiger partial charge on any atom is -0.303 e. The largest absolute Gasteiger partial charge is 0.303 e. The Morgan fingerprint density at radius 2 is 1.40 bits per heavy atom. The molecular weight excluding hydrogens is 484 g/mol. The molecule has 2 aliphatic rings. The van der Waals surface area contributed by atoms with Crippen LogP contribution in [0.5, 0.6) is 0 Å². The van der Waals surface area contributed by atoms with E-state index in [4.69, 9.17) is 0 Å². The maximum Gasteiger partial charge on any atom is 0.279 e. The third kappa shape index (κ3) is 9.74. The van der Waals surface area contributed by atoms with E-state index in [1.807, 2.05) is 6.92 Å². The van der Waals surface area contributed by atoms with E-state index in [9.17, 15) is 16.8 Å². The fourth-order valence-electron chi connectivity index (χ4n) is 5.04. The highest BCUT2D eigenvalue weighted by molar-refractivity contribution is 7.89. The van der Waals surface area contributed by atoms with Crippen molar-refractivity contribution in [2.24, 2.45) is 5.92 Å². The van der Waals surface area contributed by atoms with Crippen LogP contribution >= 0.6 is 0 Å². The third-order valence-corrected chi connectivity index (χ3v) is 10.2. The van der Waals surface area contributed by atoms with Crippen LogP contribution in [0.25, 0.3) is 0 Å². The quantitative estimate of drug-likeness (QED) is 0.361. The summed E-state index contributed by atoms with van der Waals surface area (Å²) in [5.74, 6) is 0.679. The Bertz CT molecular complexity index is 956. The number of hydrogen-bond acceptors (Lipinski definition) is 5. The lowest BCUT2D eigenvalue weighted by Gasteiger charge is -2.30. The molecule has 0 aromatic heterocycles. The van der Waals surface area contributed by atoms with Gasteiger partial charge in [0.25, 0.3) is 10.2 Å². The van der Waals surface area contributed by atoms with Crippen LogP contribution in [0.15, 0.2) is 29.2 Å². The molecule has 0 unspecified atom stereocenters. The highest BCUT2D eigenvalue weighted by Crippen LogP contribution is 2.24. The lowest BCUT2D eigenvalue weighted by atomic mass is 9.89. The van der Waals surface area contributed by atoms with Gasteiger partial charge in [0.05, 0.1) is 4.90 Å². The fraction of sp³-hybridized carbons (Fsp3) is 0.760. The normalized spacial score (nSPS) is 18.8. The lowest BCUT2D eigenvalue weighted by Crippen LogP contribution is -2.44. The second-order valence-electron chi connectivity index (χ2n) is 10.1. The maximum atomic E-state index is 12.5. The molecule has 8 nitrogen and oxygen atoms in total. The van der Waals surface area contributed by atoms with Crippen LogP contribution in [0.3, 0.4) is 0 Å². The van der Waals surface area contributed by atoms with E-state index >= 15 is 0 Å². The third-order valence-electron chi connectivity index (χ3n) is 7.11. The van der Waals surface area contributed by atoms with E-state index in [2.05, 4.69) is 14.3 Å². The van der Waals surface area contributed by atoms with E-state index in [-0.39, 0.29) is 0 Å². The number of benzene rings is 1. The van der Waals surface area contributed by atoms with Crippen LogP contribution in [-0.2, 0) is 20.2 Å². The van der Waals surface area contributed by atoms with E-state index < -0.39 is 20.2 Å². The van der Waals surface area contributed by atoms with Gasteiger partial charge >= 0.3 is 0 Å². The fourth-order valence-corrected chi connectivity index (χ4v) is 7.44. The number of nitrogens with zero attached hydrogens (tertiary/aromatic N) is 2. The van der Waals surface area contributed by atoms with Gasteiger partial charge < -0.3 is 4.90 Å². The number of nitrogens with one attached hydrogen (secondary N) is 2. The molecule has 0 radical (unpaired) electrons. The van der Waals surface area contributed by atoms with Gasteiger partial charge in [-0.05, 0) is 76.6 Å². The van der Waals surface area contributed by atoms with E-state index in [0.29, 0.717) is 37.0 Å². The molecule has 35 heavy (non-hydrogen) atoms. The van der Waals surface area contributed by atoms with Crippen molar-refractivity contribution in [3.63, 3.8) is 0 Å². The summed E-state index contributed by atoms with van der Waals surface area (Å²) in [4.78, 5) is 2.69. The first kappa shape index (κ1) is 28.5. The zero-order chi connectivity index (χ0) is 25.2. The summed E-state index contributed by atoms with van der Waals surface area (Å²) in [5.41, 5.74) is 1.03. The molecule has 1 aliphatic heterocycles. The van der Waals surface area contributed by atoms with E-state index in [0.717, 1.165) is 57.3 Å². The summed E-state index contributed by atoms with van der Waals surface area (Å²) in [6.45, 7) is 6.59. The van der Waals surface area contributed by atoms with Crippen molar-refractivity contribution in [1.82, 2.24) is 18.6 Å². The van der Waals surface area contributed by atoms with Crippen LogP contribution in [0.1, 0.15) is 69.8 Å². The van der Waals surface area contributed by atoms with Gasteiger partial charge in [0.2, 0.25) is 10.0 Å². The molecule has 1 aromatic carbocycles. The van der Waals surface area contributed by atoms with Gasteiger partial charge in [-0.2, -0.15) is 12.7 Å². The highest BCUT2D eigenvalue weighted by atomic mass is 32.2. The molecule has 10 heteroatoms. The Morgan fingerprint density at radius 3 is 2.03 bits per heavy atom. The Morgan fingerprint density at radius 1 is 0.829 bits per heavy atom. The molecule has 0 amide bonds. The number of piperidine rings is 1. The molecule has 0 bridgehead atoms.